The van der Waals surface area contributed by atoms with Crippen molar-refractivity contribution in [1.82, 2.24) is 15.0 Å². The smallest absolute Gasteiger partial charge is 0.451 e. The summed E-state index contributed by atoms with van der Waals surface area (Å²) in [6.07, 6.45) is 3.58. The van der Waals surface area contributed by atoms with Crippen LogP contribution in [-0.4, -0.2) is 53.1 Å². The zero-order valence-corrected chi connectivity index (χ0v) is 23.5. The van der Waals surface area contributed by atoms with Crippen molar-refractivity contribution in [2.45, 2.75) is 37.5 Å². The zero-order chi connectivity index (χ0) is 30.7. The summed E-state index contributed by atoms with van der Waals surface area (Å²) >= 11 is 5.70. The SMILES string of the molecule is C#CO.FC(F)(F)c1nc(N2CCCC2)c2oc3ccccc3c2n1.O=c1[nH]cc(Cl)cc1C1(F)CCS(=O)(=O)CC1. The van der Waals surface area contributed by atoms with Gasteiger partial charge in [0.15, 0.2) is 21.2 Å². The Kier molecular flexibility index (Phi) is 9.03. The maximum absolute atomic E-state index is 14.5. The number of aromatic nitrogens is 3. The number of hydrogen-bond acceptors (Lipinski definition) is 8. The standard InChI is InChI=1S/C15H12F3N3O.C10H11ClFNO3S.C2H2O/c16-15(17,18)14-19-11-9-5-1-2-6-10(9)22-12(11)13(20-14)21-7-3-4-8-21;11-7-5-8(9(14)13-6-7)10(12)1-3-17(15,16)4-2-10;1-2-3/h1-2,5-6H,3-4,7-8H2;5-6H,1-4H2,(H,13,14);1,3H. The average Bonchev–Trinajstić information content (AvgIpc) is 3.60. The lowest BCUT2D eigenvalue weighted by Gasteiger charge is -2.28. The number of para-hydroxylation sites is 1. The first-order valence-electron chi connectivity index (χ1n) is 12.7. The molecule has 2 saturated heterocycles. The number of rotatable bonds is 2. The molecule has 0 atom stereocenters. The summed E-state index contributed by atoms with van der Waals surface area (Å²) in [6, 6.07) is 8.22. The minimum Gasteiger partial charge on any atom is -0.462 e. The number of hydrogen-bond donors (Lipinski definition) is 2. The molecule has 0 spiro atoms. The third kappa shape index (κ3) is 6.79. The van der Waals surface area contributed by atoms with E-state index in [1.807, 2.05) is 4.90 Å². The van der Waals surface area contributed by atoms with E-state index < -0.39 is 33.1 Å². The molecule has 0 amide bonds. The van der Waals surface area contributed by atoms with Gasteiger partial charge in [-0.2, -0.15) is 13.2 Å². The van der Waals surface area contributed by atoms with E-state index in [0.717, 1.165) is 12.8 Å². The highest BCUT2D eigenvalue weighted by Crippen LogP contribution is 2.38. The molecular formula is C27H25ClF4N4O5S. The van der Waals surface area contributed by atoms with Crippen LogP contribution in [-0.2, 0) is 21.7 Å². The fourth-order valence-electron chi connectivity index (χ4n) is 4.77. The normalized spacial score (nSPS) is 17.6. The lowest BCUT2D eigenvalue weighted by molar-refractivity contribution is -0.144. The van der Waals surface area contributed by atoms with Crippen LogP contribution in [0.25, 0.3) is 22.1 Å². The predicted octanol–water partition coefficient (Wildman–Crippen LogP) is 5.35. The highest BCUT2D eigenvalue weighted by Gasteiger charge is 2.41. The van der Waals surface area contributed by atoms with Gasteiger partial charge in [0.05, 0.1) is 22.1 Å². The number of aromatic amines is 1. The summed E-state index contributed by atoms with van der Waals surface area (Å²) in [4.78, 5) is 23.2. The number of nitrogens with one attached hydrogen (secondary N) is 1. The maximum Gasteiger partial charge on any atom is 0.451 e. The molecule has 6 rings (SSSR count). The molecule has 4 aromatic rings. The first-order chi connectivity index (χ1) is 19.8. The van der Waals surface area contributed by atoms with E-state index >= 15 is 0 Å². The summed E-state index contributed by atoms with van der Waals surface area (Å²) in [5.41, 5.74) is -1.47. The number of anilines is 1. The fourth-order valence-corrected chi connectivity index (χ4v) is 6.40. The molecule has 1 aromatic carbocycles. The van der Waals surface area contributed by atoms with Crippen molar-refractivity contribution >= 4 is 49.3 Å². The Hall–Kier alpha value is -3.83. The molecule has 2 aliphatic rings. The van der Waals surface area contributed by atoms with Gasteiger partial charge >= 0.3 is 6.18 Å². The van der Waals surface area contributed by atoms with E-state index in [2.05, 4.69) is 21.4 Å². The average molecular weight is 629 g/mol. The molecule has 0 aliphatic carbocycles. The van der Waals surface area contributed by atoms with Crippen LogP contribution in [0.3, 0.4) is 0 Å². The molecule has 42 heavy (non-hydrogen) atoms. The topological polar surface area (TPSA) is 129 Å². The number of aliphatic hydroxyl groups excluding tert-OH is 1. The van der Waals surface area contributed by atoms with Crippen molar-refractivity contribution in [1.29, 1.82) is 0 Å². The Bertz CT molecular complexity index is 1780. The highest BCUT2D eigenvalue weighted by molar-refractivity contribution is 7.91. The number of fused-ring (bicyclic) bond motifs is 3. The van der Waals surface area contributed by atoms with Crippen LogP contribution in [0.2, 0.25) is 5.02 Å². The number of pyridine rings is 1. The summed E-state index contributed by atoms with van der Waals surface area (Å²) in [5.74, 6) is -1.36. The molecule has 2 N–H and O–H groups in total. The second-order valence-electron chi connectivity index (χ2n) is 9.65. The first-order valence-corrected chi connectivity index (χ1v) is 14.9. The van der Waals surface area contributed by atoms with Crippen LogP contribution in [0.4, 0.5) is 23.4 Å². The van der Waals surface area contributed by atoms with Crippen molar-refractivity contribution in [3.05, 3.63) is 63.3 Å². The van der Waals surface area contributed by atoms with Crippen LogP contribution in [0, 0.1) is 12.5 Å². The molecule has 9 nitrogen and oxygen atoms in total. The second-order valence-corrected chi connectivity index (χ2v) is 12.4. The number of halogens is 5. The maximum atomic E-state index is 14.5. The number of alkyl halides is 4. The van der Waals surface area contributed by atoms with Crippen LogP contribution >= 0.6 is 11.6 Å². The van der Waals surface area contributed by atoms with Gasteiger partial charge in [-0.05, 0) is 43.9 Å². The van der Waals surface area contributed by atoms with Crippen LogP contribution in [0.15, 0.2) is 45.7 Å². The number of furan rings is 1. The van der Waals surface area contributed by atoms with Crippen molar-refractivity contribution < 1.29 is 35.5 Å². The largest absolute Gasteiger partial charge is 0.462 e. The minimum atomic E-state index is -4.58. The molecule has 5 heterocycles. The van der Waals surface area contributed by atoms with Crippen LogP contribution in [0.1, 0.15) is 37.1 Å². The minimum absolute atomic E-state index is 0.0834. The molecule has 3 aromatic heterocycles. The Morgan fingerprint density at radius 3 is 2.38 bits per heavy atom. The lowest BCUT2D eigenvalue weighted by Crippen LogP contribution is -2.37. The van der Waals surface area contributed by atoms with Gasteiger partial charge in [0.25, 0.3) is 5.56 Å². The van der Waals surface area contributed by atoms with Gasteiger partial charge in [-0.1, -0.05) is 30.2 Å². The van der Waals surface area contributed by atoms with Crippen molar-refractivity contribution in [2.75, 3.05) is 29.5 Å². The Labute approximate surface area is 242 Å². The van der Waals surface area contributed by atoms with Crippen molar-refractivity contribution in [3.63, 3.8) is 0 Å². The lowest BCUT2D eigenvalue weighted by atomic mass is 9.91. The first kappa shape index (κ1) is 31.1. The molecule has 0 saturated carbocycles. The van der Waals surface area contributed by atoms with Gasteiger partial charge in [-0.15, -0.1) is 0 Å². The van der Waals surface area contributed by atoms with Gasteiger partial charge in [0.2, 0.25) is 5.82 Å². The van der Waals surface area contributed by atoms with Crippen molar-refractivity contribution in [2.24, 2.45) is 0 Å². The molecule has 0 unspecified atom stereocenters. The molecule has 0 radical (unpaired) electrons. The van der Waals surface area contributed by atoms with E-state index in [-0.39, 0.29) is 46.3 Å². The quantitative estimate of drug-likeness (QED) is 0.225. The molecule has 2 fully saturated rings. The van der Waals surface area contributed by atoms with E-state index in [4.69, 9.17) is 21.1 Å². The third-order valence-corrected chi connectivity index (χ3v) is 8.70. The molecule has 224 valence electrons. The highest BCUT2D eigenvalue weighted by atomic mass is 35.5. The number of benzene rings is 1. The second kappa shape index (κ2) is 12.2. The van der Waals surface area contributed by atoms with Gasteiger partial charge in [-0.25, -0.2) is 22.8 Å². The number of terminal acetylenes is 1. The van der Waals surface area contributed by atoms with E-state index in [1.165, 1.54) is 18.4 Å². The molecule has 0 bridgehead atoms. The van der Waals surface area contributed by atoms with E-state index in [0.29, 0.717) is 29.6 Å². The van der Waals surface area contributed by atoms with Gasteiger partial charge < -0.3 is 19.4 Å². The molecule has 15 heteroatoms. The van der Waals surface area contributed by atoms with E-state index in [1.54, 1.807) is 24.3 Å². The van der Waals surface area contributed by atoms with Crippen LogP contribution in [0.5, 0.6) is 0 Å². The molecular weight excluding hydrogens is 604 g/mol. The Morgan fingerprint density at radius 1 is 1.14 bits per heavy atom. The van der Waals surface area contributed by atoms with Gasteiger partial charge in [0.1, 0.15) is 22.9 Å². The molecule has 2 aliphatic heterocycles. The van der Waals surface area contributed by atoms with Gasteiger partial charge in [0, 0.05) is 24.7 Å². The fraction of sp³-hybridized carbons (Fsp3) is 0.370. The zero-order valence-electron chi connectivity index (χ0n) is 21.9. The Balaban J connectivity index is 0.000000182. The number of H-pyrrole nitrogens is 1. The number of aliphatic hydroxyl groups is 1. The summed E-state index contributed by atoms with van der Waals surface area (Å²) in [6.45, 7) is 1.36. The van der Waals surface area contributed by atoms with Crippen molar-refractivity contribution in [3.8, 4) is 12.5 Å². The summed E-state index contributed by atoms with van der Waals surface area (Å²) < 4.78 is 82.1. The monoisotopic (exact) mass is 628 g/mol. The summed E-state index contributed by atoms with van der Waals surface area (Å²) in [5, 5.41) is 7.90. The third-order valence-electron chi connectivity index (χ3n) is 6.83. The Morgan fingerprint density at radius 2 is 1.76 bits per heavy atom. The summed E-state index contributed by atoms with van der Waals surface area (Å²) in [7, 11) is -3.17. The van der Waals surface area contributed by atoms with Crippen LogP contribution < -0.4 is 10.5 Å². The van der Waals surface area contributed by atoms with Gasteiger partial charge in [-0.3, -0.25) is 4.79 Å². The number of sulfone groups is 1. The van der Waals surface area contributed by atoms with E-state index in [9.17, 15) is 30.8 Å². The predicted molar refractivity (Wildman–Crippen MR) is 149 cm³/mol. The number of nitrogens with zero attached hydrogens (tertiary/aromatic N) is 3.